The lowest BCUT2D eigenvalue weighted by molar-refractivity contribution is -0.901. The number of rotatable bonds is 7. The molecule has 138 valence electrons. The average molecular weight is 357 g/mol. The number of hydrogen-bond donors (Lipinski definition) is 3. The van der Waals surface area contributed by atoms with Crippen LogP contribution in [0.1, 0.15) is 17.5 Å². The summed E-state index contributed by atoms with van der Waals surface area (Å²) in [5.41, 5.74) is 2.38. The minimum Gasteiger partial charge on any atom is -0.343 e. The van der Waals surface area contributed by atoms with Crippen LogP contribution in [0.15, 0.2) is 54.6 Å². The molecule has 0 saturated carbocycles. The van der Waals surface area contributed by atoms with E-state index in [4.69, 9.17) is 0 Å². The molecule has 4 nitrogen and oxygen atoms in total. The lowest BCUT2D eigenvalue weighted by Gasteiger charge is -2.16. The first-order chi connectivity index (χ1) is 12.6. The van der Waals surface area contributed by atoms with E-state index in [2.05, 4.69) is 29.6 Å². The van der Waals surface area contributed by atoms with Gasteiger partial charge in [0, 0.05) is 17.5 Å². The highest BCUT2D eigenvalue weighted by Crippen LogP contribution is 2.01. The third kappa shape index (κ3) is 5.64. The highest BCUT2D eigenvalue weighted by atomic mass is 19.1. The van der Waals surface area contributed by atoms with Crippen molar-refractivity contribution in [2.24, 2.45) is 0 Å². The third-order valence-corrected chi connectivity index (χ3v) is 4.92. The van der Waals surface area contributed by atoms with Crippen LogP contribution in [-0.2, 0) is 17.9 Å². The molecule has 1 aliphatic heterocycles. The molecule has 1 amide bonds. The van der Waals surface area contributed by atoms with Gasteiger partial charge in [-0.2, -0.15) is 0 Å². The van der Waals surface area contributed by atoms with Crippen molar-refractivity contribution < 1.29 is 19.0 Å². The number of halogens is 1. The molecule has 0 radical (unpaired) electrons. The van der Waals surface area contributed by atoms with Crippen LogP contribution in [0.4, 0.5) is 4.39 Å². The molecular formula is C21H28FN3O+2. The topological polar surface area (TPSA) is 38.0 Å². The molecule has 2 aromatic carbocycles. The number of quaternary nitrogens is 2. The van der Waals surface area contributed by atoms with Crippen LogP contribution in [0.25, 0.3) is 0 Å². The molecule has 2 aromatic rings. The van der Waals surface area contributed by atoms with Crippen molar-refractivity contribution in [2.75, 3.05) is 26.7 Å². The van der Waals surface area contributed by atoms with E-state index in [1.54, 1.807) is 12.1 Å². The predicted octanol–water partition coefficient (Wildman–Crippen LogP) is -0.186. The summed E-state index contributed by atoms with van der Waals surface area (Å²) in [7, 11) is 1.99. The molecule has 1 heterocycles. The van der Waals surface area contributed by atoms with Gasteiger partial charge in [0.1, 0.15) is 18.9 Å². The monoisotopic (exact) mass is 357 g/mol. The Kier molecular flexibility index (Phi) is 6.36. The summed E-state index contributed by atoms with van der Waals surface area (Å²) in [5.74, 6) is -0.136. The lowest BCUT2D eigenvalue weighted by Crippen LogP contribution is -3.09. The first kappa shape index (κ1) is 18.5. The Morgan fingerprint density at radius 2 is 1.88 bits per heavy atom. The number of carbonyl (C=O) groups excluding carboxylic acids is 1. The summed E-state index contributed by atoms with van der Waals surface area (Å²) in [6.07, 6.45) is 1.03. The lowest BCUT2D eigenvalue weighted by atomic mass is 10.2. The molecule has 0 spiro atoms. The summed E-state index contributed by atoms with van der Waals surface area (Å²) >= 11 is 0. The number of benzene rings is 2. The van der Waals surface area contributed by atoms with Crippen molar-refractivity contribution in [3.63, 3.8) is 0 Å². The van der Waals surface area contributed by atoms with Gasteiger partial charge in [-0.05, 0) is 12.1 Å². The minimum absolute atomic E-state index is 0.0931. The van der Waals surface area contributed by atoms with Crippen molar-refractivity contribution in [3.8, 4) is 0 Å². The molecule has 0 aliphatic carbocycles. The van der Waals surface area contributed by atoms with Gasteiger partial charge in [0.25, 0.3) is 5.91 Å². The number of likely N-dealkylation sites (N-methyl/N-ethyl adjacent to an activating group) is 1. The maximum Gasteiger partial charge on any atom is 0.275 e. The number of hydrogen-bond acceptors (Lipinski definition) is 1. The zero-order chi connectivity index (χ0) is 18.4. The number of carbonyl (C=O) groups is 1. The van der Waals surface area contributed by atoms with E-state index in [1.165, 1.54) is 22.6 Å². The highest BCUT2D eigenvalue weighted by molar-refractivity contribution is 5.77. The molecule has 1 saturated heterocycles. The molecule has 3 rings (SSSR count). The Morgan fingerprint density at radius 3 is 2.62 bits per heavy atom. The van der Waals surface area contributed by atoms with Crippen LogP contribution in [0.5, 0.6) is 0 Å². The standard InChI is InChI=1S/C21H26FN3O/c1-24(13-18-7-9-19(22)10-8-18)16-21(26)23-20-11-12-25(15-20)14-17-5-3-2-4-6-17/h2-10,20H,11-16H2,1H3,(H,23,26)/p+2/t20-/m0/s1. The Balaban J connectivity index is 1.40. The SMILES string of the molecule is C[NH+](CC(=O)N[C@H]1CC[NH+](Cc2ccccc2)C1)Cc1ccc(F)cc1. The van der Waals surface area contributed by atoms with E-state index in [9.17, 15) is 9.18 Å². The van der Waals surface area contributed by atoms with Gasteiger partial charge in [0.2, 0.25) is 0 Å². The second-order valence-electron chi connectivity index (χ2n) is 7.36. The van der Waals surface area contributed by atoms with E-state index in [0.29, 0.717) is 13.1 Å². The Bertz CT molecular complexity index is 705. The van der Waals surface area contributed by atoms with Crippen LogP contribution in [0.2, 0.25) is 0 Å². The van der Waals surface area contributed by atoms with Gasteiger partial charge < -0.3 is 15.1 Å². The van der Waals surface area contributed by atoms with Gasteiger partial charge >= 0.3 is 0 Å². The van der Waals surface area contributed by atoms with E-state index >= 15 is 0 Å². The van der Waals surface area contributed by atoms with E-state index in [1.807, 2.05) is 13.1 Å². The zero-order valence-corrected chi connectivity index (χ0v) is 15.3. The van der Waals surface area contributed by atoms with Crippen molar-refractivity contribution in [3.05, 3.63) is 71.5 Å². The molecular weight excluding hydrogens is 329 g/mol. The molecule has 1 aliphatic rings. The second-order valence-corrected chi connectivity index (χ2v) is 7.36. The summed E-state index contributed by atoms with van der Waals surface area (Å²) in [6.45, 7) is 4.24. The molecule has 3 N–H and O–H groups in total. The number of nitrogens with one attached hydrogen (secondary N) is 3. The first-order valence-electron chi connectivity index (χ1n) is 9.31. The smallest absolute Gasteiger partial charge is 0.275 e. The maximum atomic E-state index is 13.0. The number of likely N-dealkylation sites (tertiary alicyclic amines) is 1. The van der Waals surface area contributed by atoms with Crippen LogP contribution < -0.4 is 15.1 Å². The van der Waals surface area contributed by atoms with Crippen LogP contribution >= 0.6 is 0 Å². The summed E-state index contributed by atoms with van der Waals surface area (Å²) in [5, 5.41) is 3.18. The molecule has 1 fully saturated rings. The highest BCUT2D eigenvalue weighted by Gasteiger charge is 2.28. The van der Waals surface area contributed by atoms with E-state index in [-0.39, 0.29) is 17.8 Å². The van der Waals surface area contributed by atoms with Crippen molar-refractivity contribution >= 4 is 5.91 Å². The normalized spacial score (nSPS) is 20.7. The minimum atomic E-state index is -0.229. The Morgan fingerprint density at radius 1 is 1.15 bits per heavy atom. The summed E-state index contributed by atoms with van der Waals surface area (Å²) in [6, 6.07) is 17.2. The van der Waals surface area contributed by atoms with Gasteiger partial charge in [-0.3, -0.25) is 4.79 Å². The fourth-order valence-corrected chi connectivity index (χ4v) is 3.67. The fraction of sp³-hybridized carbons (Fsp3) is 0.381. The average Bonchev–Trinajstić information content (AvgIpc) is 3.04. The molecule has 0 aromatic heterocycles. The van der Waals surface area contributed by atoms with Crippen LogP contribution in [0.3, 0.4) is 0 Å². The van der Waals surface area contributed by atoms with Crippen LogP contribution in [0, 0.1) is 5.82 Å². The fourth-order valence-electron chi connectivity index (χ4n) is 3.67. The van der Waals surface area contributed by atoms with Gasteiger partial charge in [-0.15, -0.1) is 0 Å². The van der Waals surface area contributed by atoms with Crippen LogP contribution in [-0.4, -0.2) is 38.6 Å². The first-order valence-corrected chi connectivity index (χ1v) is 9.31. The molecule has 5 heteroatoms. The third-order valence-electron chi connectivity index (χ3n) is 4.92. The van der Waals surface area contributed by atoms with Crippen molar-refractivity contribution in [1.29, 1.82) is 0 Å². The van der Waals surface area contributed by atoms with Gasteiger partial charge in [-0.1, -0.05) is 42.5 Å². The quantitative estimate of drug-likeness (QED) is 0.632. The Hall–Kier alpha value is -2.24. The van der Waals surface area contributed by atoms with Gasteiger partial charge in [-0.25, -0.2) is 4.39 Å². The van der Waals surface area contributed by atoms with E-state index < -0.39 is 0 Å². The van der Waals surface area contributed by atoms with Crippen molar-refractivity contribution in [2.45, 2.75) is 25.6 Å². The second kappa shape index (κ2) is 8.92. The summed E-state index contributed by atoms with van der Waals surface area (Å²) < 4.78 is 13.0. The predicted molar refractivity (Wildman–Crippen MR) is 99.2 cm³/mol. The summed E-state index contributed by atoms with van der Waals surface area (Å²) in [4.78, 5) is 14.9. The molecule has 2 unspecified atom stereocenters. The Labute approximate surface area is 154 Å². The van der Waals surface area contributed by atoms with Gasteiger partial charge in [0.15, 0.2) is 6.54 Å². The maximum absolute atomic E-state index is 13.0. The molecule has 26 heavy (non-hydrogen) atoms. The van der Waals surface area contributed by atoms with E-state index in [0.717, 1.165) is 36.5 Å². The molecule has 0 bridgehead atoms. The van der Waals surface area contributed by atoms with Crippen molar-refractivity contribution in [1.82, 2.24) is 5.32 Å². The largest absolute Gasteiger partial charge is 0.343 e. The van der Waals surface area contributed by atoms with Gasteiger partial charge in [0.05, 0.1) is 26.2 Å². The zero-order valence-electron chi connectivity index (χ0n) is 15.3. The molecule has 3 atom stereocenters. The number of amides is 1.